The van der Waals surface area contributed by atoms with Gasteiger partial charge in [-0.25, -0.2) is 0 Å². The number of halogens is 1. The molecule has 2 heterocycles. The topological polar surface area (TPSA) is 41.6 Å². The molecule has 0 bridgehead atoms. The zero-order valence-corrected chi connectivity index (χ0v) is 14.0. The maximum Gasteiger partial charge on any atom is 0.224 e. The van der Waals surface area contributed by atoms with E-state index in [1.54, 1.807) is 0 Å². The van der Waals surface area contributed by atoms with Gasteiger partial charge in [-0.2, -0.15) is 0 Å². The number of fused-ring (bicyclic) bond motifs is 1. The third-order valence-electron chi connectivity index (χ3n) is 5.49. The molecule has 0 radical (unpaired) electrons. The number of amides is 1. The first-order chi connectivity index (χ1) is 11.2. The van der Waals surface area contributed by atoms with Crippen LogP contribution in [-0.4, -0.2) is 48.7 Å². The zero-order chi connectivity index (χ0) is 15.8. The summed E-state index contributed by atoms with van der Waals surface area (Å²) in [5, 5.41) is 3.96. The van der Waals surface area contributed by atoms with E-state index in [1.165, 1.54) is 12.8 Å². The summed E-state index contributed by atoms with van der Waals surface area (Å²) in [4.78, 5) is 15.0. The highest BCUT2D eigenvalue weighted by Crippen LogP contribution is 2.42. The van der Waals surface area contributed by atoms with Gasteiger partial charge in [0.1, 0.15) is 0 Å². The van der Waals surface area contributed by atoms with Crippen molar-refractivity contribution in [1.29, 1.82) is 0 Å². The average Bonchev–Trinajstić information content (AvgIpc) is 3.16. The van der Waals surface area contributed by atoms with Crippen LogP contribution in [0.25, 0.3) is 0 Å². The normalized spacial score (nSPS) is 33.3. The summed E-state index contributed by atoms with van der Waals surface area (Å²) in [7, 11) is 0. The van der Waals surface area contributed by atoms with E-state index in [0.29, 0.717) is 29.5 Å². The van der Waals surface area contributed by atoms with Crippen molar-refractivity contribution in [2.24, 2.45) is 5.92 Å². The van der Waals surface area contributed by atoms with Crippen molar-refractivity contribution in [2.45, 2.75) is 43.9 Å². The van der Waals surface area contributed by atoms with E-state index in [4.69, 9.17) is 16.3 Å². The fourth-order valence-electron chi connectivity index (χ4n) is 4.41. The fourth-order valence-corrected chi connectivity index (χ4v) is 4.63. The molecule has 0 spiro atoms. The van der Waals surface area contributed by atoms with E-state index in [-0.39, 0.29) is 11.9 Å². The van der Waals surface area contributed by atoms with E-state index in [2.05, 4.69) is 10.2 Å². The van der Waals surface area contributed by atoms with Crippen LogP contribution in [0.15, 0.2) is 24.3 Å². The van der Waals surface area contributed by atoms with E-state index >= 15 is 0 Å². The summed E-state index contributed by atoms with van der Waals surface area (Å²) in [5.41, 5.74) is 0.964. The van der Waals surface area contributed by atoms with E-state index in [9.17, 15) is 4.79 Å². The Morgan fingerprint density at radius 2 is 2.17 bits per heavy atom. The number of nitrogens with one attached hydrogen (secondary N) is 1. The highest BCUT2D eigenvalue weighted by atomic mass is 35.5. The summed E-state index contributed by atoms with van der Waals surface area (Å²) in [6.45, 7) is 3.11. The molecule has 3 aliphatic rings. The number of ether oxygens (including phenoxy) is 1. The largest absolute Gasteiger partial charge is 0.376 e. The molecular weight excluding hydrogens is 312 g/mol. The minimum Gasteiger partial charge on any atom is -0.376 e. The third-order valence-corrected chi connectivity index (χ3v) is 5.73. The molecule has 2 aliphatic heterocycles. The molecule has 5 heteroatoms. The lowest BCUT2D eigenvalue weighted by Gasteiger charge is -2.51. The van der Waals surface area contributed by atoms with Crippen molar-refractivity contribution in [3.05, 3.63) is 34.9 Å². The molecule has 3 fully saturated rings. The summed E-state index contributed by atoms with van der Waals surface area (Å²) < 4.78 is 5.91. The second-order valence-electron chi connectivity index (χ2n) is 6.92. The lowest BCUT2D eigenvalue weighted by molar-refractivity contribution is -0.128. The summed E-state index contributed by atoms with van der Waals surface area (Å²) in [6.07, 6.45) is 4.30. The van der Waals surface area contributed by atoms with Crippen LogP contribution in [-0.2, 0) is 16.0 Å². The van der Waals surface area contributed by atoms with Gasteiger partial charge in [-0.15, -0.1) is 0 Å². The molecule has 0 aromatic heterocycles. The molecule has 4 nitrogen and oxygen atoms in total. The van der Waals surface area contributed by atoms with Gasteiger partial charge in [0, 0.05) is 17.5 Å². The smallest absolute Gasteiger partial charge is 0.224 e. The van der Waals surface area contributed by atoms with Crippen LogP contribution < -0.4 is 5.32 Å². The maximum absolute atomic E-state index is 12.5. The summed E-state index contributed by atoms with van der Waals surface area (Å²) >= 11 is 6.00. The van der Waals surface area contributed by atoms with Gasteiger partial charge in [-0.1, -0.05) is 23.7 Å². The van der Waals surface area contributed by atoms with Gasteiger partial charge in [0.05, 0.1) is 24.6 Å². The number of nitrogens with zero attached hydrogens (tertiary/aromatic N) is 1. The van der Waals surface area contributed by atoms with Crippen molar-refractivity contribution < 1.29 is 9.53 Å². The number of hydrogen-bond donors (Lipinski definition) is 1. The van der Waals surface area contributed by atoms with Crippen LogP contribution in [0.2, 0.25) is 5.02 Å². The molecule has 2 saturated heterocycles. The Morgan fingerprint density at radius 1 is 1.35 bits per heavy atom. The molecule has 23 heavy (non-hydrogen) atoms. The van der Waals surface area contributed by atoms with E-state index in [1.807, 2.05) is 24.3 Å². The minimum absolute atomic E-state index is 0.0896. The standard InChI is InChI=1S/C18H23ClN2O2/c19-13-5-3-4-12(10-13)11-15(22)20-16-14-6-9-23-18(14)17(16)21-7-1-2-8-21/h3-5,10,14,16-18H,1-2,6-9,11H2,(H,20,22)/t14-,16+,17-,18-/m1/s1. The number of hydrogen-bond acceptors (Lipinski definition) is 3. The molecule has 1 aliphatic carbocycles. The Hall–Kier alpha value is -1.10. The second-order valence-corrected chi connectivity index (χ2v) is 7.36. The Bertz CT molecular complexity index is 583. The van der Waals surface area contributed by atoms with Crippen LogP contribution >= 0.6 is 11.6 Å². The molecule has 124 valence electrons. The molecule has 1 aromatic carbocycles. The van der Waals surface area contributed by atoms with Crippen LogP contribution in [0.3, 0.4) is 0 Å². The predicted molar refractivity (Wildman–Crippen MR) is 89.5 cm³/mol. The molecule has 1 saturated carbocycles. The number of carbonyl (C=O) groups is 1. The Balaban J connectivity index is 1.41. The molecule has 1 amide bonds. The first-order valence-electron chi connectivity index (χ1n) is 8.62. The van der Waals surface area contributed by atoms with Gasteiger partial charge in [-0.05, 0) is 50.0 Å². The number of carbonyl (C=O) groups excluding carboxylic acids is 1. The van der Waals surface area contributed by atoms with Crippen molar-refractivity contribution >= 4 is 17.5 Å². The van der Waals surface area contributed by atoms with Crippen LogP contribution in [0, 0.1) is 5.92 Å². The second kappa shape index (κ2) is 6.42. The van der Waals surface area contributed by atoms with Gasteiger partial charge >= 0.3 is 0 Å². The summed E-state index contributed by atoms with van der Waals surface area (Å²) in [5.74, 6) is 0.579. The van der Waals surface area contributed by atoms with Crippen molar-refractivity contribution in [2.75, 3.05) is 19.7 Å². The van der Waals surface area contributed by atoms with Gasteiger partial charge in [0.25, 0.3) is 0 Å². The number of benzene rings is 1. The monoisotopic (exact) mass is 334 g/mol. The van der Waals surface area contributed by atoms with Gasteiger partial charge < -0.3 is 10.1 Å². The van der Waals surface area contributed by atoms with Crippen molar-refractivity contribution in [1.82, 2.24) is 10.2 Å². The highest BCUT2D eigenvalue weighted by Gasteiger charge is 2.56. The van der Waals surface area contributed by atoms with E-state index in [0.717, 1.165) is 31.7 Å². The first kappa shape index (κ1) is 15.4. The molecule has 0 unspecified atom stereocenters. The van der Waals surface area contributed by atoms with E-state index < -0.39 is 0 Å². The Morgan fingerprint density at radius 3 is 2.96 bits per heavy atom. The highest BCUT2D eigenvalue weighted by molar-refractivity contribution is 6.30. The molecule has 4 rings (SSSR count). The average molecular weight is 335 g/mol. The van der Waals surface area contributed by atoms with Gasteiger partial charge in [0.15, 0.2) is 0 Å². The van der Waals surface area contributed by atoms with Gasteiger partial charge in [0.2, 0.25) is 5.91 Å². The van der Waals surface area contributed by atoms with Crippen LogP contribution in [0.5, 0.6) is 0 Å². The lowest BCUT2D eigenvalue weighted by Crippen LogP contribution is -2.70. The summed E-state index contributed by atoms with van der Waals surface area (Å²) in [6, 6.07) is 8.15. The third kappa shape index (κ3) is 3.00. The molecule has 1 aromatic rings. The molecule has 1 N–H and O–H groups in total. The molecular formula is C18H23ClN2O2. The zero-order valence-electron chi connectivity index (χ0n) is 13.2. The van der Waals surface area contributed by atoms with Crippen molar-refractivity contribution in [3.63, 3.8) is 0 Å². The minimum atomic E-state index is 0.0896. The first-order valence-corrected chi connectivity index (χ1v) is 8.99. The SMILES string of the molecule is O=C(Cc1cccc(Cl)c1)N[C@H]1[C@H]2CCO[C@H]2[C@@H]1N1CCCC1. The number of likely N-dealkylation sites (tertiary alicyclic amines) is 1. The predicted octanol–water partition coefficient (Wildman–Crippen LogP) is 2.25. The Labute approximate surface area is 142 Å². The van der Waals surface area contributed by atoms with Crippen LogP contribution in [0.1, 0.15) is 24.8 Å². The quantitative estimate of drug-likeness (QED) is 0.918. The maximum atomic E-state index is 12.5. The van der Waals surface area contributed by atoms with Crippen molar-refractivity contribution in [3.8, 4) is 0 Å². The van der Waals surface area contributed by atoms with Gasteiger partial charge in [-0.3, -0.25) is 9.69 Å². The molecule has 4 atom stereocenters. The Kier molecular flexibility index (Phi) is 4.31. The fraction of sp³-hybridized carbons (Fsp3) is 0.611. The van der Waals surface area contributed by atoms with Crippen LogP contribution in [0.4, 0.5) is 0 Å². The number of rotatable bonds is 4. The lowest BCUT2D eigenvalue weighted by atomic mass is 9.70.